The topological polar surface area (TPSA) is 50.8 Å². The average Bonchev–Trinajstić information content (AvgIpc) is 2.64. The highest BCUT2D eigenvalue weighted by Crippen LogP contribution is 2.28. The number of likely N-dealkylation sites (tertiary alicyclic amines) is 1. The third kappa shape index (κ3) is 6.52. The van der Waals surface area contributed by atoms with Crippen molar-refractivity contribution in [2.24, 2.45) is 11.8 Å². The summed E-state index contributed by atoms with van der Waals surface area (Å²) in [5.41, 5.74) is 0.602. The molecule has 0 spiro atoms. The van der Waals surface area contributed by atoms with Crippen LogP contribution < -0.4 is 14.8 Å². The summed E-state index contributed by atoms with van der Waals surface area (Å²) in [6.07, 6.45) is 3.56. The van der Waals surface area contributed by atoms with Gasteiger partial charge in [0.05, 0.1) is 13.7 Å². The first kappa shape index (κ1) is 20.6. The zero-order valence-corrected chi connectivity index (χ0v) is 16.7. The molecule has 1 aliphatic rings. The number of nitrogens with one attached hydrogen (secondary N) is 1. The number of carbonyl (C=O) groups excluding carboxylic acids is 1. The van der Waals surface area contributed by atoms with Crippen LogP contribution in [-0.2, 0) is 0 Å². The van der Waals surface area contributed by atoms with Crippen LogP contribution in [-0.4, -0.2) is 50.7 Å². The number of amides is 1. The van der Waals surface area contributed by atoms with Crippen molar-refractivity contribution in [1.82, 2.24) is 10.2 Å². The molecule has 0 bridgehead atoms. The summed E-state index contributed by atoms with van der Waals surface area (Å²) in [7, 11) is 1.60. The van der Waals surface area contributed by atoms with Crippen LogP contribution in [0.2, 0.25) is 0 Å². The van der Waals surface area contributed by atoms with E-state index in [0.717, 1.165) is 18.9 Å². The number of ether oxygens (including phenoxy) is 2. The molecule has 0 radical (unpaired) electrons. The van der Waals surface area contributed by atoms with Gasteiger partial charge in [0, 0.05) is 12.1 Å². The quantitative estimate of drug-likeness (QED) is 0.682. The Morgan fingerprint density at radius 2 is 2.00 bits per heavy atom. The van der Waals surface area contributed by atoms with E-state index < -0.39 is 0 Å². The van der Waals surface area contributed by atoms with Gasteiger partial charge in [-0.05, 0) is 68.9 Å². The molecule has 146 valence electrons. The fourth-order valence-electron chi connectivity index (χ4n) is 3.08. The predicted octanol–water partition coefficient (Wildman–Crippen LogP) is 3.58. The predicted molar refractivity (Wildman–Crippen MR) is 105 cm³/mol. The molecule has 0 aromatic heterocycles. The van der Waals surface area contributed by atoms with Crippen molar-refractivity contribution in [2.75, 3.05) is 39.9 Å². The summed E-state index contributed by atoms with van der Waals surface area (Å²) in [5.74, 6) is 2.50. The summed E-state index contributed by atoms with van der Waals surface area (Å²) in [4.78, 5) is 14.9. The van der Waals surface area contributed by atoms with Crippen molar-refractivity contribution in [3.63, 3.8) is 0 Å². The molecule has 0 unspecified atom stereocenters. The second kappa shape index (κ2) is 10.4. The number of benzene rings is 1. The van der Waals surface area contributed by atoms with E-state index in [1.165, 1.54) is 25.9 Å². The lowest BCUT2D eigenvalue weighted by atomic mass is 9.99. The molecule has 1 heterocycles. The van der Waals surface area contributed by atoms with Gasteiger partial charge in [-0.25, -0.2) is 0 Å². The molecule has 0 saturated carbocycles. The minimum atomic E-state index is -0.0639. The van der Waals surface area contributed by atoms with Gasteiger partial charge < -0.3 is 19.7 Å². The lowest BCUT2D eigenvalue weighted by Crippen LogP contribution is -2.35. The largest absolute Gasteiger partial charge is 0.493 e. The van der Waals surface area contributed by atoms with Crippen molar-refractivity contribution < 1.29 is 14.3 Å². The Kier molecular flexibility index (Phi) is 8.23. The molecule has 2 rings (SSSR count). The van der Waals surface area contributed by atoms with E-state index in [4.69, 9.17) is 9.47 Å². The van der Waals surface area contributed by atoms with Gasteiger partial charge in [0.15, 0.2) is 11.5 Å². The molecule has 1 aromatic rings. The van der Waals surface area contributed by atoms with Crippen molar-refractivity contribution in [3.8, 4) is 11.5 Å². The summed E-state index contributed by atoms with van der Waals surface area (Å²) in [6, 6.07) is 5.35. The molecule has 1 N–H and O–H groups in total. The first-order valence-corrected chi connectivity index (χ1v) is 9.81. The van der Waals surface area contributed by atoms with Crippen molar-refractivity contribution >= 4 is 5.91 Å². The van der Waals surface area contributed by atoms with Crippen molar-refractivity contribution in [2.45, 2.75) is 40.0 Å². The molecule has 1 aliphatic heterocycles. The molecule has 1 fully saturated rings. The number of carbonyl (C=O) groups is 1. The third-order valence-electron chi connectivity index (χ3n) is 4.81. The zero-order chi connectivity index (χ0) is 18.9. The minimum Gasteiger partial charge on any atom is -0.493 e. The molecular weight excluding hydrogens is 328 g/mol. The van der Waals surface area contributed by atoms with Gasteiger partial charge in [-0.2, -0.15) is 0 Å². The van der Waals surface area contributed by atoms with Gasteiger partial charge >= 0.3 is 0 Å². The second-order valence-electron chi connectivity index (χ2n) is 7.70. The highest BCUT2D eigenvalue weighted by Gasteiger charge is 2.15. The number of hydrogen-bond donors (Lipinski definition) is 1. The lowest BCUT2D eigenvalue weighted by molar-refractivity contribution is 0.0950. The van der Waals surface area contributed by atoms with Crippen LogP contribution in [0.15, 0.2) is 18.2 Å². The fourth-order valence-corrected chi connectivity index (χ4v) is 3.08. The van der Waals surface area contributed by atoms with E-state index in [1.807, 2.05) is 6.07 Å². The molecule has 1 amide bonds. The summed E-state index contributed by atoms with van der Waals surface area (Å²) in [6.45, 7) is 11.3. The van der Waals surface area contributed by atoms with Gasteiger partial charge in [0.1, 0.15) is 0 Å². The van der Waals surface area contributed by atoms with Crippen LogP contribution in [0.25, 0.3) is 0 Å². The highest BCUT2D eigenvalue weighted by molar-refractivity contribution is 5.94. The maximum Gasteiger partial charge on any atom is 0.251 e. The van der Waals surface area contributed by atoms with Crippen LogP contribution in [0.4, 0.5) is 0 Å². The monoisotopic (exact) mass is 362 g/mol. The maximum atomic E-state index is 12.4. The fraction of sp³-hybridized carbons (Fsp3) is 0.667. The van der Waals surface area contributed by atoms with Gasteiger partial charge in [0.2, 0.25) is 0 Å². The van der Waals surface area contributed by atoms with Gasteiger partial charge in [-0.3, -0.25) is 4.79 Å². The van der Waals surface area contributed by atoms with Crippen LogP contribution >= 0.6 is 0 Å². The smallest absolute Gasteiger partial charge is 0.251 e. The standard InChI is InChI=1S/C21H34N2O3/c1-16(2)15-26-19-7-6-18(14-20(19)25-4)21(24)22-10-5-11-23-12-8-17(3)9-13-23/h6-7,14,16-17H,5,8-13,15H2,1-4H3,(H,22,24). The van der Waals surface area contributed by atoms with Crippen LogP contribution in [0.1, 0.15) is 50.4 Å². The summed E-state index contributed by atoms with van der Waals surface area (Å²) in [5, 5.41) is 3.01. The van der Waals surface area contributed by atoms with E-state index in [-0.39, 0.29) is 5.91 Å². The number of rotatable bonds is 9. The molecule has 0 atom stereocenters. The van der Waals surface area contributed by atoms with Crippen molar-refractivity contribution in [1.29, 1.82) is 0 Å². The van der Waals surface area contributed by atoms with E-state index in [2.05, 4.69) is 31.0 Å². The lowest BCUT2D eigenvalue weighted by Gasteiger charge is -2.30. The van der Waals surface area contributed by atoms with Crippen LogP contribution in [0.5, 0.6) is 11.5 Å². The van der Waals surface area contributed by atoms with E-state index in [1.54, 1.807) is 19.2 Å². The van der Waals surface area contributed by atoms with E-state index in [9.17, 15) is 4.79 Å². The Morgan fingerprint density at radius 3 is 2.65 bits per heavy atom. The Balaban J connectivity index is 1.77. The third-order valence-corrected chi connectivity index (χ3v) is 4.81. The first-order chi connectivity index (χ1) is 12.5. The maximum absolute atomic E-state index is 12.4. The molecular formula is C21H34N2O3. The normalized spacial score (nSPS) is 15.9. The molecule has 1 aromatic carbocycles. The number of nitrogens with zero attached hydrogens (tertiary/aromatic N) is 1. The minimum absolute atomic E-state index is 0.0639. The van der Waals surface area contributed by atoms with Gasteiger partial charge in [0.25, 0.3) is 5.91 Å². The first-order valence-electron chi connectivity index (χ1n) is 9.81. The Labute approximate surface area is 158 Å². The highest BCUT2D eigenvalue weighted by atomic mass is 16.5. The second-order valence-corrected chi connectivity index (χ2v) is 7.70. The number of hydrogen-bond acceptors (Lipinski definition) is 4. The molecule has 0 aliphatic carbocycles. The SMILES string of the molecule is COc1cc(C(=O)NCCCN2CCC(C)CC2)ccc1OCC(C)C. The molecule has 5 nitrogen and oxygen atoms in total. The Morgan fingerprint density at radius 1 is 1.27 bits per heavy atom. The van der Waals surface area contributed by atoms with E-state index >= 15 is 0 Å². The Bertz CT molecular complexity index is 566. The van der Waals surface area contributed by atoms with Crippen LogP contribution in [0, 0.1) is 11.8 Å². The van der Waals surface area contributed by atoms with Crippen molar-refractivity contribution in [3.05, 3.63) is 23.8 Å². The molecule has 26 heavy (non-hydrogen) atoms. The van der Waals surface area contributed by atoms with E-state index in [0.29, 0.717) is 36.1 Å². The van der Waals surface area contributed by atoms with Gasteiger partial charge in [-0.15, -0.1) is 0 Å². The average molecular weight is 363 g/mol. The van der Waals surface area contributed by atoms with Gasteiger partial charge in [-0.1, -0.05) is 20.8 Å². The summed E-state index contributed by atoms with van der Waals surface area (Å²) < 4.78 is 11.1. The van der Waals surface area contributed by atoms with Crippen LogP contribution in [0.3, 0.4) is 0 Å². The number of methoxy groups -OCH3 is 1. The zero-order valence-electron chi connectivity index (χ0n) is 16.7. The molecule has 5 heteroatoms. The Hall–Kier alpha value is -1.75. The molecule has 1 saturated heterocycles. The summed E-state index contributed by atoms with van der Waals surface area (Å²) >= 11 is 0. The number of piperidine rings is 1.